The zero-order valence-corrected chi connectivity index (χ0v) is 19.4. The van der Waals surface area contributed by atoms with Gasteiger partial charge in [-0.05, 0) is 73.6 Å². The molecule has 28 heavy (non-hydrogen) atoms. The minimum atomic E-state index is 0. The molecule has 1 amide bonds. The van der Waals surface area contributed by atoms with Crippen molar-refractivity contribution in [1.29, 1.82) is 0 Å². The zero-order chi connectivity index (χ0) is 20.9. The Bertz CT molecular complexity index is 639. The summed E-state index contributed by atoms with van der Waals surface area (Å²) in [6.07, 6.45) is 8.98. The van der Waals surface area contributed by atoms with Gasteiger partial charge in [-0.1, -0.05) is 47.5 Å². The Hall–Kier alpha value is -1.51. The number of aryl methyl sites for hydroxylation is 2. The molecule has 1 spiro atoms. The number of rotatable bonds is 3. The van der Waals surface area contributed by atoms with Crippen molar-refractivity contribution in [2.75, 3.05) is 23.3 Å². The first-order valence-electron chi connectivity index (χ1n) is 11.3. The van der Waals surface area contributed by atoms with Crippen LogP contribution in [0.2, 0.25) is 0 Å². The Balaban J connectivity index is 0.00000136. The van der Waals surface area contributed by atoms with Crippen LogP contribution in [-0.2, 0) is 4.79 Å². The molecule has 1 aliphatic heterocycles. The van der Waals surface area contributed by atoms with E-state index < -0.39 is 0 Å². The number of nitrogens with one attached hydrogen (secondary N) is 1. The monoisotopic (exact) mass is 388 g/mol. The van der Waals surface area contributed by atoms with Crippen molar-refractivity contribution >= 4 is 17.3 Å². The Labute approximate surface area is 174 Å². The van der Waals surface area contributed by atoms with Gasteiger partial charge in [0.25, 0.3) is 0 Å². The maximum Gasteiger partial charge on any atom is 0.224 e. The Morgan fingerprint density at radius 1 is 1.04 bits per heavy atom. The first kappa shape index (κ1) is 22.8. The van der Waals surface area contributed by atoms with Gasteiger partial charge >= 0.3 is 0 Å². The quantitative estimate of drug-likeness (QED) is 0.598. The maximum absolute atomic E-state index is 12.3. The van der Waals surface area contributed by atoms with Crippen LogP contribution >= 0.6 is 0 Å². The summed E-state index contributed by atoms with van der Waals surface area (Å²) in [6.45, 7) is 16.9. The van der Waals surface area contributed by atoms with Crippen LogP contribution in [0.3, 0.4) is 0 Å². The fourth-order valence-corrected chi connectivity index (χ4v) is 4.85. The van der Waals surface area contributed by atoms with Crippen LogP contribution in [-0.4, -0.2) is 19.0 Å². The smallest absolute Gasteiger partial charge is 0.224 e. The van der Waals surface area contributed by atoms with E-state index in [9.17, 15) is 4.79 Å². The summed E-state index contributed by atoms with van der Waals surface area (Å²) in [6, 6.07) is 4.51. The number of nitrogens with zero attached hydrogens (tertiary/aromatic N) is 1. The molecule has 0 radical (unpaired) electrons. The minimum Gasteiger partial charge on any atom is -0.371 e. The van der Waals surface area contributed by atoms with E-state index in [0.29, 0.717) is 11.8 Å². The van der Waals surface area contributed by atoms with Crippen LogP contribution < -0.4 is 10.2 Å². The number of piperidine rings is 1. The lowest BCUT2D eigenvalue weighted by molar-refractivity contribution is -0.117. The highest BCUT2D eigenvalue weighted by Crippen LogP contribution is 2.46. The molecule has 2 aliphatic rings. The molecule has 1 N–H and O–H groups in total. The maximum atomic E-state index is 12.3. The predicted molar refractivity (Wildman–Crippen MR) is 124 cm³/mol. The van der Waals surface area contributed by atoms with Gasteiger partial charge in [-0.25, -0.2) is 0 Å². The Kier molecular flexibility index (Phi) is 7.59. The van der Waals surface area contributed by atoms with Crippen molar-refractivity contribution in [1.82, 2.24) is 0 Å². The lowest BCUT2D eigenvalue weighted by Crippen LogP contribution is -2.38. The topological polar surface area (TPSA) is 32.3 Å². The number of anilines is 2. The van der Waals surface area contributed by atoms with Crippen LogP contribution in [0.4, 0.5) is 11.4 Å². The second kappa shape index (κ2) is 9.33. The summed E-state index contributed by atoms with van der Waals surface area (Å²) in [4.78, 5) is 14.9. The lowest BCUT2D eigenvalue weighted by atomic mass is 9.77. The molecule has 3 nitrogen and oxygen atoms in total. The molecular weight excluding hydrogens is 344 g/mol. The van der Waals surface area contributed by atoms with Crippen LogP contribution in [0.15, 0.2) is 12.1 Å². The summed E-state index contributed by atoms with van der Waals surface area (Å²) >= 11 is 0. The van der Waals surface area contributed by atoms with Gasteiger partial charge in [0.15, 0.2) is 0 Å². The Morgan fingerprint density at radius 3 is 2.00 bits per heavy atom. The molecule has 0 unspecified atom stereocenters. The second-order valence-electron chi connectivity index (χ2n) is 9.93. The molecule has 0 bridgehead atoms. The highest BCUT2D eigenvalue weighted by Gasteiger charge is 2.37. The molecule has 2 fully saturated rings. The SMILES string of the molecule is CC.Cc1cc(N2CCC3(CCCC3)CC2)cc(C)c1NC(=O)CC(C)(C)C.[HH]. The van der Waals surface area contributed by atoms with Gasteiger partial charge in [-0.2, -0.15) is 0 Å². The number of hydrogen-bond donors (Lipinski definition) is 1. The van der Waals surface area contributed by atoms with Crippen molar-refractivity contribution < 1.29 is 6.22 Å². The number of hydrogen-bond acceptors (Lipinski definition) is 2. The average Bonchev–Trinajstić information content (AvgIpc) is 3.07. The molecule has 1 saturated heterocycles. The molecule has 1 aromatic carbocycles. The minimum absolute atomic E-state index is 0. The first-order valence-corrected chi connectivity index (χ1v) is 11.3. The second-order valence-corrected chi connectivity index (χ2v) is 9.93. The van der Waals surface area contributed by atoms with Gasteiger partial charge in [-0.15, -0.1) is 0 Å². The van der Waals surface area contributed by atoms with E-state index >= 15 is 0 Å². The van der Waals surface area contributed by atoms with Crippen molar-refractivity contribution in [2.24, 2.45) is 10.8 Å². The van der Waals surface area contributed by atoms with E-state index in [1.807, 2.05) is 13.8 Å². The van der Waals surface area contributed by atoms with E-state index in [2.05, 4.69) is 57.0 Å². The third-order valence-corrected chi connectivity index (χ3v) is 6.33. The molecule has 160 valence electrons. The van der Waals surface area contributed by atoms with Gasteiger partial charge in [0.2, 0.25) is 5.91 Å². The molecule has 0 atom stereocenters. The number of carbonyl (C=O) groups excluding carboxylic acids is 1. The summed E-state index contributed by atoms with van der Waals surface area (Å²) in [7, 11) is 0. The van der Waals surface area contributed by atoms with Crippen LogP contribution in [0.25, 0.3) is 0 Å². The summed E-state index contributed by atoms with van der Waals surface area (Å²) in [5, 5.41) is 3.15. The van der Waals surface area contributed by atoms with Gasteiger partial charge < -0.3 is 10.2 Å². The normalized spacial score (nSPS) is 18.6. The van der Waals surface area contributed by atoms with Crippen molar-refractivity contribution in [3.8, 4) is 0 Å². The molecule has 3 rings (SSSR count). The Morgan fingerprint density at radius 2 is 1.54 bits per heavy atom. The zero-order valence-electron chi connectivity index (χ0n) is 19.4. The van der Waals surface area contributed by atoms with E-state index in [0.717, 1.165) is 5.69 Å². The van der Waals surface area contributed by atoms with Gasteiger partial charge in [0.1, 0.15) is 0 Å². The number of benzene rings is 1. The largest absolute Gasteiger partial charge is 0.371 e. The highest BCUT2D eigenvalue weighted by molar-refractivity contribution is 5.93. The van der Waals surface area contributed by atoms with E-state index in [-0.39, 0.29) is 12.7 Å². The summed E-state index contributed by atoms with van der Waals surface area (Å²) in [5.41, 5.74) is 5.32. The molecular formula is C25H44N2O. The van der Waals surface area contributed by atoms with Crippen LogP contribution in [0.1, 0.15) is 92.1 Å². The van der Waals surface area contributed by atoms with E-state index in [1.54, 1.807) is 0 Å². The fourth-order valence-electron chi connectivity index (χ4n) is 4.85. The standard InChI is InChI=1S/C23H36N2O.C2H6.H2/c1-17-14-19(25-12-10-23(11-13-25)8-6-7-9-23)15-18(2)21(17)24-20(26)16-22(3,4)5;1-2;/h14-15H,6-13,16H2,1-5H3,(H,24,26);1-2H3;1H. The third-order valence-electron chi connectivity index (χ3n) is 6.33. The van der Waals surface area contributed by atoms with E-state index in [4.69, 9.17) is 0 Å². The van der Waals surface area contributed by atoms with Crippen molar-refractivity contribution in [3.63, 3.8) is 0 Å². The highest BCUT2D eigenvalue weighted by atomic mass is 16.1. The molecule has 3 heteroatoms. The molecule has 1 saturated carbocycles. The molecule has 1 aliphatic carbocycles. The fraction of sp³-hybridized carbons (Fsp3) is 0.720. The van der Waals surface area contributed by atoms with Gasteiger partial charge in [-0.3, -0.25) is 4.79 Å². The molecule has 0 aromatic heterocycles. The summed E-state index contributed by atoms with van der Waals surface area (Å²) in [5.74, 6) is 0.109. The third kappa shape index (κ3) is 5.75. The predicted octanol–water partition coefficient (Wildman–Crippen LogP) is 7.11. The number of carbonyl (C=O) groups is 1. The van der Waals surface area contributed by atoms with Crippen molar-refractivity contribution in [3.05, 3.63) is 23.3 Å². The lowest BCUT2D eigenvalue weighted by Gasteiger charge is -2.40. The van der Waals surface area contributed by atoms with Gasteiger partial charge in [0.05, 0.1) is 0 Å². The van der Waals surface area contributed by atoms with Crippen molar-refractivity contribution in [2.45, 2.75) is 93.4 Å². The van der Waals surface area contributed by atoms with E-state index in [1.165, 1.54) is 68.4 Å². The molecule has 1 aromatic rings. The van der Waals surface area contributed by atoms with Crippen LogP contribution in [0, 0.1) is 24.7 Å². The van der Waals surface area contributed by atoms with Crippen LogP contribution in [0.5, 0.6) is 0 Å². The summed E-state index contributed by atoms with van der Waals surface area (Å²) < 4.78 is 0. The molecule has 1 heterocycles. The van der Waals surface area contributed by atoms with Gasteiger partial charge in [0, 0.05) is 32.3 Å². The first-order chi connectivity index (χ1) is 13.2. The average molecular weight is 389 g/mol. The number of amides is 1.